The standard InChI is InChI=1S/C18H27NO/c1-2-12-19-17(14-7-3-4-8-14)16-11-5-9-15-10-6-13-20-18(15)16/h5,9,11,14,17,19H,2-4,6-8,10,12-13H2,1H3. The lowest BCUT2D eigenvalue weighted by Crippen LogP contribution is -2.29. The summed E-state index contributed by atoms with van der Waals surface area (Å²) in [5.41, 5.74) is 2.83. The van der Waals surface area contributed by atoms with Crippen LogP contribution in [-0.2, 0) is 6.42 Å². The van der Waals surface area contributed by atoms with Crippen LogP contribution in [0.5, 0.6) is 5.75 Å². The Kier molecular flexibility index (Phi) is 4.62. The van der Waals surface area contributed by atoms with Crippen molar-refractivity contribution in [2.45, 2.75) is 57.9 Å². The van der Waals surface area contributed by atoms with Gasteiger partial charge >= 0.3 is 0 Å². The van der Waals surface area contributed by atoms with Gasteiger partial charge in [0, 0.05) is 11.6 Å². The maximum absolute atomic E-state index is 6.04. The van der Waals surface area contributed by atoms with Crippen LogP contribution in [0.15, 0.2) is 18.2 Å². The Balaban J connectivity index is 1.89. The van der Waals surface area contributed by atoms with E-state index in [1.807, 2.05) is 0 Å². The van der Waals surface area contributed by atoms with Crippen LogP contribution >= 0.6 is 0 Å². The number of rotatable bonds is 5. The first-order valence-corrected chi connectivity index (χ1v) is 8.38. The average molecular weight is 273 g/mol. The predicted molar refractivity (Wildman–Crippen MR) is 83.3 cm³/mol. The van der Waals surface area contributed by atoms with E-state index in [0.717, 1.165) is 25.5 Å². The van der Waals surface area contributed by atoms with Gasteiger partial charge in [0.25, 0.3) is 0 Å². The number of fused-ring (bicyclic) bond motifs is 1. The van der Waals surface area contributed by atoms with Crippen molar-refractivity contribution in [1.82, 2.24) is 5.32 Å². The molecule has 0 amide bonds. The van der Waals surface area contributed by atoms with E-state index in [4.69, 9.17) is 4.74 Å². The zero-order chi connectivity index (χ0) is 13.8. The monoisotopic (exact) mass is 273 g/mol. The molecular formula is C18H27NO. The molecule has 1 aliphatic carbocycles. The molecule has 0 radical (unpaired) electrons. The summed E-state index contributed by atoms with van der Waals surface area (Å²) in [5.74, 6) is 1.98. The molecule has 1 heterocycles. The smallest absolute Gasteiger partial charge is 0.127 e. The van der Waals surface area contributed by atoms with Crippen molar-refractivity contribution in [2.75, 3.05) is 13.2 Å². The number of ether oxygens (including phenoxy) is 1. The average Bonchev–Trinajstić information content (AvgIpc) is 3.02. The van der Waals surface area contributed by atoms with E-state index < -0.39 is 0 Å². The highest BCUT2D eigenvalue weighted by Gasteiger charge is 2.29. The van der Waals surface area contributed by atoms with Gasteiger partial charge in [0.15, 0.2) is 0 Å². The van der Waals surface area contributed by atoms with Crippen LogP contribution < -0.4 is 10.1 Å². The summed E-state index contributed by atoms with van der Waals surface area (Å²) in [5, 5.41) is 3.80. The Bertz CT molecular complexity index is 437. The SMILES string of the molecule is CCCNC(c1cccc2c1OCCC2)C1CCCC1. The van der Waals surface area contributed by atoms with Gasteiger partial charge in [-0.2, -0.15) is 0 Å². The first-order valence-electron chi connectivity index (χ1n) is 8.38. The lowest BCUT2D eigenvalue weighted by Gasteiger charge is -2.29. The summed E-state index contributed by atoms with van der Waals surface area (Å²) < 4.78 is 6.04. The molecule has 2 aliphatic rings. The molecule has 0 bridgehead atoms. The van der Waals surface area contributed by atoms with Crippen LogP contribution in [-0.4, -0.2) is 13.2 Å². The van der Waals surface area contributed by atoms with Crippen molar-refractivity contribution in [3.8, 4) is 5.75 Å². The van der Waals surface area contributed by atoms with Gasteiger partial charge in [0.2, 0.25) is 0 Å². The van der Waals surface area contributed by atoms with Gasteiger partial charge in [-0.3, -0.25) is 0 Å². The Hall–Kier alpha value is -1.02. The van der Waals surface area contributed by atoms with Crippen LogP contribution in [0.25, 0.3) is 0 Å². The zero-order valence-corrected chi connectivity index (χ0v) is 12.7. The number of benzene rings is 1. The van der Waals surface area contributed by atoms with E-state index in [2.05, 4.69) is 30.4 Å². The molecule has 1 N–H and O–H groups in total. The summed E-state index contributed by atoms with van der Waals surface area (Å²) in [7, 11) is 0. The topological polar surface area (TPSA) is 21.3 Å². The fourth-order valence-electron chi connectivity index (χ4n) is 3.78. The largest absolute Gasteiger partial charge is 0.493 e. The van der Waals surface area contributed by atoms with Gasteiger partial charge in [0.05, 0.1) is 6.61 Å². The summed E-state index contributed by atoms with van der Waals surface area (Å²) in [6, 6.07) is 7.24. The summed E-state index contributed by atoms with van der Waals surface area (Å²) in [6.45, 7) is 4.23. The second-order valence-corrected chi connectivity index (χ2v) is 6.26. The molecule has 0 saturated heterocycles. The number of hydrogen-bond donors (Lipinski definition) is 1. The molecule has 1 unspecified atom stereocenters. The van der Waals surface area contributed by atoms with Gasteiger partial charge in [-0.15, -0.1) is 0 Å². The molecule has 1 aromatic carbocycles. The number of hydrogen-bond acceptors (Lipinski definition) is 2. The van der Waals surface area contributed by atoms with Gasteiger partial charge in [-0.1, -0.05) is 38.0 Å². The van der Waals surface area contributed by atoms with E-state index in [-0.39, 0.29) is 0 Å². The van der Waals surface area contributed by atoms with Crippen LogP contribution in [0.4, 0.5) is 0 Å². The van der Waals surface area contributed by atoms with Gasteiger partial charge in [0.1, 0.15) is 5.75 Å². The lowest BCUT2D eigenvalue weighted by molar-refractivity contribution is 0.273. The third-order valence-corrected chi connectivity index (χ3v) is 4.78. The summed E-state index contributed by atoms with van der Waals surface area (Å²) in [4.78, 5) is 0. The van der Waals surface area contributed by atoms with Gasteiger partial charge in [-0.05, 0) is 50.1 Å². The molecule has 2 heteroatoms. The first-order chi connectivity index (χ1) is 9.90. The van der Waals surface area contributed by atoms with Crippen LogP contribution in [0, 0.1) is 5.92 Å². The zero-order valence-electron chi connectivity index (χ0n) is 12.7. The minimum atomic E-state index is 0.491. The Labute approximate surface area is 122 Å². The first kappa shape index (κ1) is 13.9. The molecule has 1 aliphatic heterocycles. The van der Waals surface area contributed by atoms with Crippen LogP contribution in [0.1, 0.15) is 62.6 Å². The Morgan fingerprint density at radius 1 is 1.25 bits per heavy atom. The minimum Gasteiger partial charge on any atom is -0.493 e. The molecule has 0 aromatic heterocycles. The summed E-state index contributed by atoms with van der Waals surface area (Å²) >= 11 is 0. The number of para-hydroxylation sites is 1. The molecule has 1 saturated carbocycles. The van der Waals surface area contributed by atoms with E-state index in [0.29, 0.717) is 6.04 Å². The fourth-order valence-corrected chi connectivity index (χ4v) is 3.78. The van der Waals surface area contributed by atoms with Crippen molar-refractivity contribution in [3.63, 3.8) is 0 Å². The van der Waals surface area contributed by atoms with Crippen LogP contribution in [0.2, 0.25) is 0 Å². The van der Waals surface area contributed by atoms with Gasteiger partial charge < -0.3 is 10.1 Å². The third kappa shape index (κ3) is 2.85. The van der Waals surface area contributed by atoms with E-state index in [1.165, 1.54) is 55.4 Å². The minimum absolute atomic E-state index is 0.491. The molecule has 1 aromatic rings. The van der Waals surface area contributed by atoms with Gasteiger partial charge in [-0.25, -0.2) is 0 Å². The number of aryl methyl sites for hydroxylation is 1. The fraction of sp³-hybridized carbons (Fsp3) is 0.667. The maximum atomic E-state index is 6.04. The highest BCUT2D eigenvalue weighted by molar-refractivity contribution is 5.44. The second kappa shape index (κ2) is 6.62. The lowest BCUT2D eigenvalue weighted by atomic mass is 9.88. The highest BCUT2D eigenvalue weighted by atomic mass is 16.5. The molecular weight excluding hydrogens is 246 g/mol. The molecule has 0 spiro atoms. The van der Waals surface area contributed by atoms with E-state index in [1.54, 1.807) is 0 Å². The Morgan fingerprint density at radius 2 is 2.10 bits per heavy atom. The van der Waals surface area contributed by atoms with Crippen molar-refractivity contribution < 1.29 is 4.74 Å². The van der Waals surface area contributed by atoms with Crippen molar-refractivity contribution in [2.24, 2.45) is 5.92 Å². The van der Waals surface area contributed by atoms with Crippen molar-refractivity contribution in [3.05, 3.63) is 29.3 Å². The molecule has 20 heavy (non-hydrogen) atoms. The molecule has 110 valence electrons. The van der Waals surface area contributed by atoms with Crippen molar-refractivity contribution >= 4 is 0 Å². The molecule has 1 atom stereocenters. The predicted octanol–water partition coefficient (Wildman–Crippen LogP) is 4.24. The highest BCUT2D eigenvalue weighted by Crippen LogP contribution is 2.41. The summed E-state index contributed by atoms with van der Waals surface area (Å²) in [6.07, 6.45) is 9.05. The molecule has 1 fully saturated rings. The Morgan fingerprint density at radius 3 is 2.90 bits per heavy atom. The molecule has 3 rings (SSSR count). The third-order valence-electron chi connectivity index (χ3n) is 4.78. The number of nitrogens with one attached hydrogen (secondary N) is 1. The maximum Gasteiger partial charge on any atom is 0.127 e. The normalized spacial score (nSPS) is 20.4. The van der Waals surface area contributed by atoms with Crippen molar-refractivity contribution in [1.29, 1.82) is 0 Å². The van der Waals surface area contributed by atoms with E-state index in [9.17, 15) is 0 Å². The second-order valence-electron chi connectivity index (χ2n) is 6.26. The van der Waals surface area contributed by atoms with Crippen LogP contribution in [0.3, 0.4) is 0 Å². The quantitative estimate of drug-likeness (QED) is 0.866. The molecule has 2 nitrogen and oxygen atoms in total. The van der Waals surface area contributed by atoms with E-state index >= 15 is 0 Å².